The molecule has 0 aromatic heterocycles. The van der Waals surface area contributed by atoms with Crippen molar-refractivity contribution in [2.24, 2.45) is 5.92 Å². The van der Waals surface area contributed by atoms with Crippen LogP contribution in [0.15, 0.2) is 0 Å². The van der Waals surface area contributed by atoms with Crippen LogP contribution >= 0.6 is 0 Å². The van der Waals surface area contributed by atoms with Crippen LogP contribution in [0.4, 0.5) is 0 Å². The van der Waals surface area contributed by atoms with E-state index in [1.807, 2.05) is 0 Å². The second kappa shape index (κ2) is 8.10. The fourth-order valence-corrected chi connectivity index (χ4v) is 2.98. The number of hydrogen-bond acceptors (Lipinski definition) is 2. The van der Waals surface area contributed by atoms with Crippen molar-refractivity contribution < 1.29 is 0 Å². The van der Waals surface area contributed by atoms with Gasteiger partial charge >= 0.3 is 0 Å². The zero-order valence-electron chi connectivity index (χ0n) is 12.3. The minimum Gasteiger partial charge on any atom is -0.313 e. The molecule has 102 valence electrons. The molecule has 0 saturated heterocycles. The van der Waals surface area contributed by atoms with E-state index in [1.165, 1.54) is 45.2 Å². The van der Waals surface area contributed by atoms with Crippen molar-refractivity contribution in [1.82, 2.24) is 10.2 Å². The van der Waals surface area contributed by atoms with Gasteiger partial charge in [-0.2, -0.15) is 0 Å². The van der Waals surface area contributed by atoms with E-state index in [1.54, 1.807) is 0 Å². The van der Waals surface area contributed by atoms with Crippen molar-refractivity contribution in [3.05, 3.63) is 0 Å². The second-order valence-electron chi connectivity index (χ2n) is 5.81. The zero-order valence-corrected chi connectivity index (χ0v) is 12.3. The molecule has 1 saturated carbocycles. The molecule has 2 heteroatoms. The molecule has 0 aromatic carbocycles. The normalized spacial score (nSPS) is 27.4. The van der Waals surface area contributed by atoms with E-state index in [2.05, 4.69) is 37.9 Å². The highest BCUT2D eigenvalue weighted by molar-refractivity contribution is 4.76. The first-order valence-electron chi connectivity index (χ1n) is 7.64. The molecule has 0 spiro atoms. The van der Waals surface area contributed by atoms with Crippen LogP contribution in [0.1, 0.15) is 59.8 Å². The Kier molecular flexibility index (Phi) is 7.14. The maximum atomic E-state index is 3.75. The summed E-state index contributed by atoms with van der Waals surface area (Å²) >= 11 is 0. The molecule has 0 bridgehead atoms. The smallest absolute Gasteiger partial charge is 0.0110 e. The van der Waals surface area contributed by atoms with Gasteiger partial charge in [0, 0.05) is 25.2 Å². The summed E-state index contributed by atoms with van der Waals surface area (Å²) in [6.45, 7) is 12.8. The van der Waals surface area contributed by atoms with Crippen molar-refractivity contribution in [2.45, 2.75) is 71.9 Å². The van der Waals surface area contributed by atoms with Gasteiger partial charge in [0.05, 0.1) is 0 Å². The predicted octanol–water partition coefficient (Wildman–Crippen LogP) is 3.28. The highest BCUT2D eigenvalue weighted by Crippen LogP contribution is 2.23. The Labute approximate surface area is 108 Å². The Bertz CT molecular complexity index is 193. The van der Waals surface area contributed by atoms with Gasteiger partial charge in [0.1, 0.15) is 0 Å². The second-order valence-corrected chi connectivity index (χ2v) is 5.81. The van der Waals surface area contributed by atoms with Crippen molar-refractivity contribution in [2.75, 3.05) is 19.6 Å². The number of rotatable bonds is 7. The molecule has 0 heterocycles. The molecule has 1 N–H and O–H groups in total. The lowest BCUT2D eigenvalue weighted by Gasteiger charge is -2.30. The molecule has 17 heavy (non-hydrogen) atoms. The summed E-state index contributed by atoms with van der Waals surface area (Å²) in [6, 6.07) is 1.52. The molecule has 3 atom stereocenters. The SMILES string of the molecule is CCC(C)N(CC)CCNC1CCCC(C)C1. The minimum atomic E-state index is 0.729. The highest BCUT2D eigenvalue weighted by Gasteiger charge is 2.18. The van der Waals surface area contributed by atoms with Crippen LogP contribution in [0.3, 0.4) is 0 Å². The zero-order chi connectivity index (χ0) is 12.7. The van der Waals surface area contributed by atoms with Gasteiger partial charge in [-0.05, 0) is 38.6 Å². The maximum Gasteiger partial charge on any atom is 0.0110 e. The first-order valence-corrected chi connectivity index (χ1v) is 7.64. The van der Waals surface area contributed by atoms with Gasteiger partial charge in [0.25, 0.3) is 0 Å². The Hall–Kier alpha value is -0.0800. The average Bonchev–Trinajstić information content (AvgIpc) is 2.34. The van der Waals surface area contributed by atoms with Crippen LogP contribution in [0.5, 0.6) is 0 Å². The van der Waals surface area contributed by atoms with Crippen molar-refractivity contribution >= 4 is 0 Å². The number of nitrogens with one attached hydrogen (secondary N) is 1. The number of hydrogen-bond donors (Lipinski definition) is 1. The molecule has 0 radical (unpaired) electrons. The summed E-state index contributed by atoms with van der Waals surface area (Å²) < 4.78 is 0. The maximum absolute atomic E-state index is 3.75. The van der Waals surface area contributed by atoms with Crippen molar-refractivity contribution in [3.8, 4) is 0 Å². The first kappa shape index (κ1) is 15.0. The standard InChI is InChI=1S/C15H32N2/c1-5-14(4)17(6-2)11-10-16-15-9-7-8-13(3)12-15/h13-16H,5-12H2,1-4H3. The molecule has 0 aliphatic heterocycles. The molecule has 0 aromatic rings. The summed E-state index contributed by atoms with van der Waals surface area (Å²) in [5, 5.41) is 3.75. The number of likely N-dealkylation sites (N-methyl/N-ethyl adjacent to an activating group) is 1. The van der Waals surface area contributed by atoms with E-state index < -0.39 is 0 Å². The van der Waals surface area contributed by atoms with Crippen LogP contribution in [0.25, 0.3) is 0 Å². The first-order chi connectivity index (χ1) is 8.17. The Morgan fingerprint density at radius 3 is 2.65 bits per heavy atom. The molecule has 2 nitrogen and oxygen atoms in total. The van der Waals surface area contributed by atoms with Crippen LogP contribution < -0.4 is 5.32 Å². The molecule has 3 unspecified atom stereocenters. The lowest BCUT2D eigenvalue weighted by Crippen LogP contribution is -2.42. The quantitative estimate of drug-likeness (QED) is 0.735. The van der Waals surface area contributed by atoms with Gasteiger partial charge in [0.15, 0.2) is 0 Å². The van der Waals surface area contributed by atoms with E-state index in [4.69, 9.17) is 0 Å². The molecule has 1 aliphatic carbocycles. The molecular formula is C15H32N2. The third kappa shape index (κ3) is 5.39. The molecule has 1 aliphatic rings. The summed E-state index contributed by atoms with van der Waals surface area (Å²) in [6.07, 6.45) is 6.89. The third-order valence-electron chi connectivity index (χ3n) is 4.39. The fraction of sp³-hybridized carbons (Fsp3) is 1.00. The van der Waals surface area contributed by atoms with E-state index in [9.17, 15) is 0 Å². The van der Waals surface area contributed by atoms with Gasteiger partial charge in [-0.1, -0.05) is 33.6 Å². The molecular weight excluding hydrogens is 208 g/mol. The predicted molar refractivity (Wildman–Crippen MR) is 76.4 cm³/mol. The number of nitrogens with zero attached hydrogens (tertiary/aromatic N) is 1. The van der Waals surface area contributed by atoms with E-state index >= 15 is 0 Å². The van der Waals surface area contributed by atoms with E-state index in [0.717, 1.165) is 24.5 Å². The summed E-state index contributed by atoms with van der Waals surface area (Å²) in [7, 11) is 0. The summed E-state index contributed by atoms with van der Waals surface area (Å²) in [5.74, 6) is 0.929. The van der Waals surface area contributed by atoms with Gasteiger partial charge in [-0.25, -0.2) is 0 Å². The Morgan fingerprint density at radius 1 is 1.29 bits per heavy atom. The summed E-state index contributed by atoms with van der Waals surface area (Å²) in [4.78, 5) is 2.58. The van der Waals surface area contributed by atoms with Crippen LogP contribution in [-0.2, 0) is 0 Å². The van der Waals surface area contributed by atoms with E-state index in [0.29, 0.717) is 0 Å². The third-order valence-corrected chi connectivity index (χ3v) is 4.39. The van der Waals surface area contributed by atoms with Crippen LogP contribution in [0, 0.1) is 5.92 Å². The van der Waals surface area contributed by atoms with Crippen molar-refractivity contribution in [3.63, 3.8) is 0 Å². The van der Waals surface area contributed by atoms with E-state index in [-0.39, 0.29) is 0 Å². The van der Waals surface area contributed by atoms with Crippen LogP contribution in [0.2, 0.25) is 0 Å². The highest BCUT2D eigenvalue weighted by atomic mass is 15.2. The van der Waals surface area contributed by atoms with Gasteiger partial charge in [-0.15, -0.1) is 0 Å². The average molecular weight is 240 g/mol. The van der Waals surface area contributed by atoms with Gasteiger partial charge in [0.2, 0.25) is 0 Å². The Balaban J connectivity index is 2.17. The Morgan fingerprint density at radius 2 is 2.06 bits per heavy atom. The fourth-order valence-electron chi connectivity index (χ4n) is 2.98. The van der Waals surface area contributed by atoms with Crippen molar-refractivity contribution in [1.29, 1.82) is 0 Å². The largest absolute Gasteiger partial charge is 0.313 e. The van der Waals surface area contributed by atoms with Crippen LogP contribution in [-0.4, -0.2) is 36.6 Å². The summed E-state index contributed by atoms with van der Waals surface area (Å²) in [5.41, 5.74) is 0. The lowest BCUT2D eigenvalue weighted by atomic mass is 9.87. The monoisotopic (exact) mass is 240 g/mol. The molecule has 1 rings (SSSR count). The lowest BCUT2D eigenvalue weighted by molar-refractivity contribution is 0.206. The topological polar surface area (TPSA) is 15.3 Å². The molecule has 0 amide bonds. The molecule has 1 fully saturated rings. The van der Waals surface area contributed by atoms with Gasteiger partial charge in [-0.3, -0.25) is 4.90 Å². The van der Waals surface area contributed by atoms with Gasteiger partial charge < -0.3 is 5.32 Å². The minimum absolute atomic E-state index is 0.729.